The van der Waals surface area contributed by atoms with Gasteiger partial charge in [-0.2, -0.15) is 0 Å². The van der Waals surface area contributed by atoms with E-state index in [0.717, 1.165) is 6.42 Å². The predicted molar refractivity (Wildman–Crippen MR) is 45.8 cm³/mol. The molecule has 0 bridgehead atoms. The summed E-state index contributed by atoms with van der Waals surface area (Å²) in [5.74, 6) is -0.452. The van der Waals surface area contributed by atoms with Crippen molar-refractivity contribution in [3.8, 4) is 0 Å². The van der Waals surface area contributed by atoms with Crippen LogP contribution in [0.25, 0.3) is 0 Å². The van der Waals surface area contributed by atoms with Crippen molar-refractivity contribution in [2.24, 2.45) is 0 Å². The van der Waals surface area contributed by atoms with E-state index in [2.05, 4.69) is 0 Å². The van der Waals surface area contributed by atoms with Crippen molar-refractivity contribution >= 4 is 11.6 Å². The van der Waals surface area contributed by atoms with Crippen LogP contribution >= 0.6 is 0 Å². The zero-order valence-electron chi connectivity index (χ0n) is 7.08. The molecule has 1 aromatic rings. The minimum Gasteiger partial charge on any atom is -0.331 e. The largest absolute Gasteiger partial charge is 1.00 e. The van der Waals surface area contributed by atoms with Crippen LogP contribution in [0.5, 0.6) is 0 Å². The van der Waals surface area contributed by atoms with E-state index in [9.17, 15) is 9.59 Å². The first-order valence-corrected chi connectivity index (χ1v) is 3.65. The third-order valence-electron chi connectivity index (χ3n) is 1.39. The summed E-state index contributed by atoms with van der Waals surface area (Å²) in [6.07, 6.45) is 1.09. The summed E-state index contributed by atoms with van der Waals surface area (Å²) in [7, 11) is 0. The minimum atomic E-state index is -0.233. The molecule has 0 aliphatic rings. The Hall–Kier alpha value is -1.05. The van der Waals surface area contributed by atoms with Crippen molar-refractivity contribution in [1.82, 2.24) is 0 Å². The quantitative estimate of drug-likeness (QED) is 0.339. The van der Waals surface area contributed by atoms with E-state index in [-0.39, 0.29) is 28.6 Å². The Kier molecular flexibility index (Phi) is 5.12. The molecule has 1 rings (SSSR count). The number of hydrogen-bond acceptors (Lipinski definition) is 2. The third-order valence-corrected chi connectivity index (χ3v) is 1.39. The van der Waals surface area contributed by atoms with Crippen molar-refractivity contribution in [2.75, 3.05) is 0 Å². The van der Waals surface area contributed by atoms with Gasteiger partial charge in [0.2, 0.25) is 0 Å². The molecule has 0 fully saturated rings. The molecular weight excluding hydrogens is 216 g/mol. The van der Waals surface area contributed by atoms with Gasteiger partial charge in [-0.1, -0.05) is 18.2 Å². The van der Waals surface area contributed by atoms with Gasteiger partial charge in [0.25, 0.3) is 0 Å². The Labute approximate surface area is 87.8 Å². The maximum absolute atomic E-state index is 11.2. The maximum Gasteiger partial charge on any atom is 1.00 e. The number of ketones is 2. The Bertz CT molecular complexity index is 293. The van der Waals surface area contributed by atoms with Crippen LogP contribution in [0.3, 0.4) is 0 Å². The third kappa shape index (κ3) is 3.92. The van der Waals surface area contributed by atoms with Gasteiger partial charge in [-0.25, -0.2) is 0 Å². The molecule has 0 amide bonds. The molecule has 0 unspecified atom stereocenters. The predicted octanol–water partition coefficient (Wildman–Crippen LogP) is 1.66. The first-order valence-electron chi connectivity index (χ1n) is 3.65. The first kappa shape index (κ1) is 11.9. The molecule has 13 heavy (non-hydrogen) atoms. The second-order valence-corrected chi connectivity index (χ2v) is 2.49. The Morgan fingerprint density at radius 2 is 1.69 bits per heavy atom. The molecule has 0 radical (unpaired) electrons. The van der Waals surface area contributed by atoms with E-state index in [4.69, 9.17) is 0 Å². The van der Waals surface area contributed by atoms with Crippen molar-refractivity contribution in [2.45, 2.75) is 6.92 Å². The Morgan fingerprint density at radius 3 is 2.15 bits per heavy atom. The van der Waals surface area contributed by atoms with Gasteiger partial charge < -0.3 is 9.59 Å². The number of carbonyl (C=O) groups is 2. The summed E-state index contributed by atoms with van der Waals surface area (Å²) in [6.45, 7) is 1.36. The average molecular weight is 225 g/mol. The van der Waals surface area contributed by atoms with Gasteiger partial charge in [0, 0.05) is 5.78 Å². The van der Waals surface area contributed by atoms with Gasteiger partial charge in [-0.3, -0.25) is 0 Å². The molecule has 0 aliphatic carbocycles. The molecule has 0 saturated carbocycles. The molecule has 0 aromatic heterocycles. The number of Topliss-reactive ketones (excluding diaryl/α,β-unsaturated/α-hetero) is 2. The van der Waals surface area contributed by atoms with Gasteiger partial charge in [0.1, 0.15) is 0 Å². The molecule has 0 atom stereocenters. The summed E-state index contributed by atoms with van der Waals surface area (Å²) in [5, 5.41) is 0. The van der Waals surface area contributed by atoms with Crippen molar-refractivity contribution in [1.29, 1.82) is 0 Å². The van der Waals surface area contributed by atoms with E-state index >= 15 is 0 Å². The second kappa shape index (κ2) is 5.57. The van der Waals surface area contributed by atoms with Gasteiger partial charge in [-0.05, 0) is 6.92 Å². The summed E-state index contributed by atoms with van der Waals surface area (Å²) in [6, 6.07) is 8.72. The summed E-state index contributed by atoms with van der Waals surface area (Å²) < 4.78 is 0. The number of hydrogen-bond donors (Lipinski definition) is 0. The minimum absolute atomic E-state index is 0. The van der Waals surface area contributed by atoms with Crippen LogP contribution in [0.2, 0.25) is 0 Å². The zero-order valence-corrected chi connectivity index (χ0v) is 8.02. The molecule has 72 valence electrons. The molecule has 0 spiro atoms. The van der Waals surface area contributed by atoms with Crippen LogP contribution in [0.15, 0.2) is 30.3 Å². The first-order chi connectivity index (χ1) is 5.70. The maximum atomic E-state index is 11.2. The second-order valence-electron chi connectivity index (χ2n) is 2.49. The van der Waals surface area contributed by atoms with Gasteiger partial charge in [0.05, 0.1) is 5.78 Å². The Balaban J connectivity index is 0.00000144. The van der Waals surface area contributed by atoms with E-state index in [1.165, 1.54) is 6.92 Å². The molecule has 0 N–H and O–H groups in total. The molecule has 0 heterocycles. The van der Waals surface area contributed by atoms with Crippen molar-refractivity contribution in [3.63, 3.8) is 0 Å². The monoisotopic (exact) mass is 224 g/mol. The van der Waals surface area contributed by atoms with E-state index in [1.807, 2.05) is 6.07 Å². The van der Waals surface area contributed by atoms with Crippen molar-refractivity contribution < 1.29 is 26.7 Å². The summed E-state index contributed by atoms with van der Waals surface area (Å²) in [5.41, 5.74) is 0.549. The molecule has 3 heteroatoms. The fourth-order valence-electron chi connectivity index (χ4n) is 0.870. The molecule has 2 nitrogen and oxygen atoms in total. The Morgan fingerprint density at radius 1 is 1.15 bits per heavy atom. The van der Waals surface area contributed by atoms with Crippen LogP contribution in [0.4, 0.5) is 0 Å². The summed E-state index contributed by atoms with van der Waals surface area (Å²) in [4.78, 5) is 21.7. The topological polar surface area (TPSA) is 34.1 Å². The van der Waals surface area contributed by atoms with E-state index < -0.39 is 0 Å². The SMILES string of the molecule is CC(=O)[CH-]C(=O)c1ccccc1.[Cu+]. The van der Waals surface area contributed by atoms with Gasteiger partial charge >= 0.3 is 17.1 Å². The van der Waals surface area contributed by atoms with Crippen LogP contribution in [0.1, 0.15) is 17.3 Å². The van der Waals surface area contributed by atoms with Crippen LogP contribution < -0.4 is 0 Å². The fourth-order valence-corrected chi connectivity index (χ4v) is 0.870. The zero-order chi connectivity index (χ0) is 8.97. The normalized spacial score (nSPS) is 8.38. The van der Waals surface area contributed by atoms with Crippen molar-refractivity contribution in [3.05, 3.63) is 42.3 Å². The van der Waals surface area contributed by atoms with Crippen LogP contribution in [-0.4, -0.2) is 11.6 Å². The van der Waals surface area contributed by atoms with E-state index in [0.29, 0.717) is 5.56 Å². The van der Waals surface area contributed by atoms with Gasteiger partial charge in [-0.15, -0.1) is 24.1 Å². The number of rotatable bonds is 3. The summed E-state index contributed by atoms with van der Waals surface area (Å²) >= 11 is 0. The smallest absolute Gasteiger partial charge is 0.331 e. The average Bonchev–Trinajstić information content (AvgIpc) is 2.05. The number of carbonyl (C=O) groups excluding carboxylic acids is 2. The standard InChI is InChI=1S/C10H9O2.Cu/c1-8(11)7-10(12)9-5-3-2-4-6-9;/h2-7H,1H3;/q-1;+1. The molecule has 1 aromatic carbocycles. The van der Waals surface area contributed by atoms with Crippen LogP contribution in [-0.2, 0) is 21.9 Å². The van der Waals surface area contributed by atoms with Gasteiger partial charge in [0.15, 0.2) is 0 Å². The number of benzene rings is 1. The fraction of sp³-hybridized carbons (Fsp3) is 0.100. The molecular formula is C10H9CuO2. The molecule has 0 aliphatic heterocycles. The van der Waals surface area contributed by atoms with E-state index in [1.54, 1.807) is 24.3 Å². The molecule has 0 saturated heterocycles. The van der Waals surface area contributed by atoms with Crippen LogP contribution in [0, 0.1) is 6.42 Å².